The average Bonchev–Trinajstić information content (AvgIpc) is 3.08. The molecular formula is C15H17N5O6. The van der Waals surface area contributed by atoms with Gasteiger partial charge in [0.2, 0.25) is 0 Å². The number of nitrogens with two attached hydrogens (primary N) is 1. The number of primary amides is 1. The summed E-state index contributed by atoms with van der Waals surface area (Å²) in [5, 5.41) is 39.7. The highest BCUT2D eigenvalue weighted by atomic mass is 16.6. The Morgan fingerprint density at radius 3 is 2.85 bits per heavy atom. The number of carbonyl (C=O) groups excluding carboxylic acids is 1. The lowest BCUT2D eigenvalue weighted by molar-refractivity contribution is -0.112. The maximum absolute atomic E-state index is 11.0. The molecule has 3 heterocycles. The summed E-state index contributed by atoms with van der Waals surface area (Å²) in [6.07, 6.45) is -0.909. The van der Waals surface area contributed by atoms with Crippen molar-refractivity contribution in [3.05, 3.63) is 18.1 Å². The van der Waals surface area contributed by atoms with E-state index in [-0.39, 0.29) is 22.4 Å². The standard InChI is InChI=1S/C15H17N5O6/c1-15(24)11(23)8(5-21)26-14(15)20-4-7(2-3-9(16)22)10-12(19-25)17-6-18-13(10)20/h4,6,8,11,14,21,23-25H,5H2,1H3,(H2,16,22)(H,17,18,19)/t8-,11-,14-,15-/m1/s1. The van der Waals surface area contributed by atoms with E-state index < -0.39 is 36.6 Å². The van der Waals surface area contributed by atoms with Gasteiger partial charge in [0.1, 0.15) is 29.8 Å². The fourth-order valence-corrected chi connectivity index (χ4v) is 2.96. The first kappa shape index (κ1) is 18.1. The van der Waals surface area contributed by atoms with Crippen LogP contribution in [0.4, 0.5) is 5.82 Å². The molecule has 11 nitrogen and oxygen atoms in total. The van der Waals surface area contributed by atoms with Gasteiger partial charge in [-0.15, -0.1) is 0 Å². The Morgan fingerprint density at radius 2 is 2.27 bits per heavy atom. The Morgan fingerprint density at radius 1 is 1.54 bits per heavy atom. The molecule has 1 amide bonds. The van der Waals surface area contributed by atoms with Gasteiger partial charge in [0, 0.05) is 12.1 Å². The number of aliphatic hydroxyl groups excluding tert-OH is 2. The van der Waals surface area contributed by atoms with E-state index in [0.717, 1.165) is 6.33 Å². The third kappa shape index (κ3) is 2.75. The lowest BCUT2D eigenvalue weighted by Crippen LogP contribution is -2.44. The van der Waals surface area contributed by atoms with Crippen LogP contribution >= 0.6 is 0 Å². The van der Waals surface area contributed by atoms with Crippen LogP contribution in [0.15, 0.2) is 12.5 Å². The predicted molar refractivity (Wildman–Crippen MR) is 86.6 cm³/mol. The van der Waals surface area contributed by atoms with Crippen molar-refractivity contribution >= 4 is 22.8 Å². The number of carbonyl (C=O) groups is 1. The Balaban J connectivity index is 2.22. The summed E-state index contributed by atoms with van der Waals surface area (Å²) in [6.45, 7) is 0.852. The van der Waals surface area contributed by atoms with E-state index in [0.29, 0.717) is 0 Å². The van der Waals surface area contributed by atoms with Crippen LogP contribution in [0.25, 0.3) is 11.0 Å². The van der Waals surface area contributed by atoms with Crippen LogP contribution in [0.3, 0.4) is 0 Å². The van der Waals surface area contributed by atoms with Crippen molar-refractivity contribution in [3.63, 3.8) is 0 Å². The second-order valence-corrected chi connectivity index (χ2v) is 5.98. The number of aliphatic hydroxyl groups is 3. The lowest BCUT2D eigenvalue weighted by atomic mass is 9.96. The second kappa shape index (κ2) is 6.52. The van der Waals surface area contributed by atoms with E-state index >= 15 is 0 Å². The Hall–Kier alpha value is -2.75. The van der Waals surface area contributed by atoms with Crippen LogP contribution in [0, 0.1) is 11.8 Å². The van der Waals surface area contributed by atoms with E-state index in [1.165, 1.54) is 17.7 Å². The summed E-state index contributed by atoms with van der Waals surface area (Å²) in [7, 11) is 0. The topological polar surface area (TPSA) is 176 Å². The van der Waals surface area contributed by atoms with E-state index in [4.69, 9.17) is 10.5 Å². The summed E-state index contributed by atoms with van der Waals surface area (Å²) >= 11 is 0. The predicted octanol–water partition coefficient (Wildman–Crippen LogP) is -1.93. The number of amides is 1. The molecule has 0 unspecified atom stereocenters. The van der Waals surface area contributed by atoms with Crippen molar-refractivity contribution in [2.24, 2.45) is 5.73 Å². The van der Waals surface area contributed by atoms with Crippen LogP contribution in [0.2, 0.25) is 0 Å². The number of nitrogens with one attached hydrogen (secondary N) is 1. The zero-order valence-electron chi connectivity index (χ0n) is 13.6. The fraction of sp³-hybridized carbons (Fsp3) is 0.400. The molecule has 1 aliphatic heterocycles. The number of fused-ring (bicyclic) bond motifs is 1. The van der Waals surface area contributed by atoms with Crippen molar-refractivity contribution in [1.82, 2.24) is 14.5 Å². The van der Waals surface area contributed by atoms with Gasteiger partial charge in [0.15, 0.2) is 12.0 Å². The molecule has 0 radical (unpaired) electrons. The maximum atomic E-state index is 11.0. The summed E-state index contributed by atoms with van der Waals surface area (Å²) in [5.41, 5.74) is 5.64. The number of hydrogen-bond donors (Lipinski definition) is 6. The largest absolute Gasteiger partial charge is 0.394 e. The van der Waals surface area contributed by atoms with Gasteiger partial charge in [0.25, 0.3) is 5.91 Å². The zero-order chi connectivity index (χ0) is 19.1. The van der Waals surface area contributed by atoms with Gasteiger partial charge in [-0.3, -0.25) is 15.5 Å². The van der Waals surface area contributed by atoms with Crippen LogP contribution < -0.4 is 11.2 Å². The van der Waals surface area contributed by atoms with Crippen molar-refractivity contribution in [3.8, 4) is 11.8 Å². The molecule has 7 N–H and O–H groups in total. The van der Waals surface area contributed by atoms with Crippen molar-refractivity contribution in [2.45, 2.75) is 31.0 Å². The summed E-state index contributed by atoms with van der Waals surface area (Å²) in [4.78, 5) is 19.0. The molecule has 2 aromatic heterocycles. The SMILES string of the molecule is C[C@@]1(O)[C@H](O)[C@@H](CO)O[C@H]1n1cc(C#CC(N)=O)c2c(NO)ncnc21. The highest BCUT2D eigenvalue weighted by Gasteiger charge is 2.53. The summed E-state index contributed by atoms with van der Waals surface area (Å²) in [6, 6.07) is 0. The monoisotopic (exact) mass is 363 g/mol. The molecule has 1 fully saturated rings. The number of aromatic nitrogens is 3. The van der Waals surface area contributed by atoms with Crippen LogP contribution in [-0.2, 0) is 9.53 Å². The number of ether oxygens (including phenoxy) is 1. The number of anilines is 1. The maximum Gasteiger partial charge on any atom is 0.293 e. The Kier molecular flexibility index (Phi) is 4.53. The number of rotatable bonds is 3. The fourth-order valence-electron chi connectivity index (χ4n) is 2.96. The number of nitrogens with zero attached hydrogens (tertiary/aromatic N) is 3. The minimum absolute atomic E-state index is 0.0133. The van der Waals surface area contributed by atoms with Gasteiger partial charge >= 0.3 is 0 Å². The van der Waals surface area contributed by atoms with Gasteiger partial charge in [-0.05, 0) is 6.92 Å². The molecule has 0 bridgehead atoms. The third-order valence-electron chi connectivity index (χ3n) is 4.22. The van der Waals surface area contributed by atoms with E-state index in [2.05, 4.69) is 21.8 Å². The molecule has 0 saturated carbocycles. The lowest BCUT2D eigenvalue weighted by Gasteiger charge is -2.27. The van der Waals surface area contributed by atoms with Gasteiger partial charge in [-0.1, -0.05) is 5.92 Å². The molecule has 0 aliphatic carbocycles. The molecule has 11 heteroatoms. The molecular weight excluding hydrogens is 346 g/mol. The van der Waals surface area contributed by atoms with E-state index in [1.54, 1.807) is 0 Å². The van der Waals surface area contributed by atoms with Crippen molar-refractivity contribution < 1.29 is 30.1 Å². The van der Waals surface area contributed by atoms with Gasteiger partial charge in [-0.2, -0.15) is 0 Å². The summed E-state index contributed by atoms with van der Waals surface area (Å²) < 4.78 is 6.95. The quantitative estimate of drug-likeness (QED) is 0.268. The number of hydrogen-bond acceptors (Lipinski definition) is 9. The third-order valence-corrected chi connectivity index (χ3v) is 4.22. The van der Waals surface area contributed by atoms with Gasteiger partial charge in [0.05, 0.1) is 17.6 Å². The Bertz CT molecular complexity index is 914. The second-order valence-electron chi connectivity index (χ2n) is 5.98. The molecule has 1 saturated heterocycles. The smallest absolute Gasteiger partial charge is 0.293 e. The normalized spacial score (nSPS) is 28.0. The van der Waals surface area contributed by atoms with Crippen molar-refractivity contribution in [2.75, 3.05) is 12.1 Å². The first-order chi connectivity index (χ1) is 12.3. The molecule has 2 aromatic rings. The van der Waals surface area contributed by atoms with Crippen molar-refractivity contribution in [1.29, 1.82) is 0 Å². The first-order valence-electron chi connectivity index (χ1n) is 7.55. The first-order valence-corrected chi connectivity index (χ1v) is 7.55. The highest BCUT2D eigenvalue weighted by molar-refractivity contribution is 5.97. The molecule has 0 aromatic carbocycles. The van der Waals surface area contributed by atoms with E-state index in [1.807, 2.05) is 5.48 Å². The minimum Gasteiger partial charge on any atom is -0.394 e. The van der Waals surface area contributed by atoms with E-state index in [9.17, 15) is 25.3 Å². The molecule has 3 rings (SSSR count). The van der Waals surface area contributed by atoms with Gasteiger partial charge < -0.3 is 30.4 Å². The Labute approximate surface area is 147 Å². The molecule has 0 spiro atoms. The minimum atomic E-state index is -1.76. The average molecular weight is 363 g/mol. The van der Waals surface area contributed by atoms with Gasteiger partial charge in [-0.25, -0.2) is 9.97 Å². The zero-order valence-corrected chi connectivity index (χ0v) is 13.6. The molecule has 1 aliphatic rings. The van der Waals surface area contributed by atoms with Crippen LogP contribution in [0.5, 0.6) is 0 Å². The highest BCUT2D eigenvalue weighted by Crippen LogP contribution is 2.40. The van der Waals surface area contributed by atoms with Crippen LogP contribution in [-0.4, -0.2) is 65.4 Å². The molecule has 26 heavy (non-hydrogen) atoms. The molecule has 138 valence electrons. The summed E-state index contributed by atoms with van der Waals surface area (Å²) in [5.74, 6) is 3.87. The van der Waals surface area contributed by atoms with Crippen LogP contribution in [0.1, 0.15) is 18.7 Å². The molecule has 4 atom stereocenters.